The number of rotatable bonds is 4. The molecule has 0 aromatic carbocycles. The number of pyridine rings is 1. The molecule has 1 aliphatic heterocycles. The maximum atomic E-state index is 10.7. The molecule has 1 aliphatic rings. The number of ether oxygens (including phenoxy) is 1. The van der Waals surface area contributed by atoms with Crippen LogP contribution in [-0.2, 0) is 4.74 Å². The Bertz CT molecular complexity index is 462. The number of nitrogens with two attached hydrogens (primary N) is 1. The molecule has 1 aromatic heterocycles. The summed E-state index contributed by atoms with van der Waals surface area (Å²) in [7, 11) is 1.85. The molecular formula is C11H17N5O3. The van der Waals surface area contributed by atoms with Gasteiger partial charge in [0, 0.05) is 32.7 Å². The van der Waals surface area contributed by atoms with E-state index in [1.165, 1.54) is 6.07 Å². The van der Waals surface area contributed by atoms with Crippen LogP contribution < -0.4 is 16.0 Å². The molecule has 3 N–H and O–H groups in total. The molecule has 1 aromatic rings. The van der Waals surface area contributed by atoms with Crippen molar-refractivity contribution in [3.05, 3.63) is 22.2 Å². The Morgan fingerprint density at radius 2 is 2.47 bits per heavy atom. The summed E-state index contributed by atoms with van der Waals surface area (Å²) in [6.07, 6.45) is 0.0805. The fourth-order valence-corrected chi connectivity index (χ4v) is 1.96. The van der Waals surface area contributed by atoms with Gasteiger partial charge in [0.05, 0.1) is 17.6 Å². The maximum absolute atomic E-state index is 10.7. The number of nitrogen functional groups attached to an aromatic ring is 1. The van der Waals surface area contributed by atoms with Crippen LogP contribution in [0.2, 0.25) is 0 Å². The van der Waals surface area contributed by atoms with Gasteiger partial charge in [-0.15, -0.1) is 0 Å². The van der Waals surface area contributed by atoms with Gasteiger partial charge in [-0.05, 0) is 6.07 Å². The van der Waals surface area contributed by atoms with Crippen molar-refractivity contribution in [2.45, 2.75) is 6.10 Å². The maximum Gasteiger partial charge on any atom is 0.311 e. The predicted octanol–water partition coefficient (Wildman–Crippen LogP) is -0.00340. The van der Waals surface area contributed by atoms with Crippen molar-refractivity contribution in [2.75, 3.05) is 43.9 Å². The SMILES string of the molecule is CN(CC1CNCCO1)c1ccc([N+](=O)[O-])c(N)n1. The highest BCUT2D eigenvalue weighted by Crippen LogP contribution is 2.22. The van der Waals surface area contributed by atoms with Gasteiger partial charge in [-0.1, -0.05) is 0 Å². The van der Waals surface area contributed by atoms with Crippen molar-refractivity contribution in [1.82, 2.24) is 10.3 Å². The topological polar surface area (TPSA) is 107 Å². The molecule has 0 spiro atoms. The van der Waals surface area contributed by atoms with Gasteiger partial charge in [0.25, 0.3) is 0 Å². The first kappa shape index (κ1) is 13.5. The second-order valence-electron chi connectivity index (χ2n) is 4.41. The molecule has 0 amide bonds. The molecule has 1 unspecified atom stereocenters. The molecule has 104 valence electrons. The number of nitrogens with zero attached hydrogens (tertiary/aromatic N) is 3. The summed E-state index contributed by atoms with van der Waals surface area (Å²) in [6, 6.07) is 2.96. The third-order valence-electron chi connectivity index (χ3n) is 2.96. The highest BCUT2D eigenvalue weighted by atomic mass is 16.6. The number of hydrogen-bond donors (Lipinski definition) is 2. The minimum atomic E-state index is -0.541. The Labute approximate surface area is 110 Å². The quantitative estimate of drug-likeness (QED) is 0.584. The summed E-state index contributed by atoms with van der Waals surface area (Å²) in [5.41, 5.74) is 5.40. The van der Waals surface area contributed by atoms with Crippen molar-refractivity contribution >= 4 is 17.3 Å². The molecule has 2 heterocycles. The Kier molecular flexibility index (Phi) is 4.13. The van der Waals surface area contributed by atoms with Gasteiger partial charge in [0.2, 0.25) is 5.82 Å². The van der Waals surface area contributed by atoms with Crippen LogP contribution in [0.25, 0.3) is 0 Å². The first-order valence-corrected chi connectivity index (χ1v) is 6.02. The minimum absolute atomic E-state index is 0.0722. The van der Waals surface area contributed by atoms with E-state index in [4.69, 9.17) is 10.5 Å². The van der Waals surface area contributed by atoms with E-state index in [2.05, 4.69) is 10.3 Å². The van der Waals surface area contributed by atoms with Crippen molar-refractivity contribution in [1.29, 1.82) is 0 Å². The van der Waals surface area contributed by atoms with Crippen molar-refractivity contribution in [3.63, 3.8) is 0 Å². The number of nitro groups is 1. The van der Waals surface area contributed by atoms with Gasteiger partial charge in [-0.3, -0.25) is 10.1 Å². The lowest BCUT2D eigenvalue weighted by atomic mass is 10.3. The third-order valence-corrected chi connectivity index (χ3v) is 2.96. The van der Waals surface area contributed by atoms with Crippen molar-refractivity contribution in [3.8, 4) is 0 Å². The number of nitrogens with one attached hydrogen (secondary N) is 1. The van der Waals surface area contributed by atoms with Gasteiger partial charge in [0.15, 0.2) is 0 Å². The molecule has 0 saturated carbocycles. The molecule has 0 radical (unpaired) electrons. The lowest BCUT2D eigenvalue weighted by Crippen LogP contribution is -2.44. The minimum Gasteiger partial charge on any atom is -0.378 e. The fourth-order valence-electron chi connectivity index (χ4n) is 1.96. The molecule has 0 bridgehead atoms. The number of aromatic nitrogens is 1. The van der Waals surface area contributed by atoms with Gasteiger partial charge >= 0.3 is 5.69 Å². The second kappa shape index (κ2) is 5.81. The normalized spacial score (nSPS) is 19.1. The van der Waals surface area contributed by atoms with Gasteiger partial charge in [-0.2, -0.15) is 0 Å². The van der Waals surface area contributed by atoms with Crippen molar-refractivity contribution in [2.24, 2.45) is 0 Å². The third kappa shape index (κ3) is 3.30. The van der Waals surface area contributed by atoms with Crippen LogP contribution in [0.5, 0.6) is 0 Å². The molecule has 8 heteroatoms. The van der Waals surface area contributed by atoms with Gasteiger partial charge < -0.3 is 20.7 Å². The molecule has 1 fully saturated rings. The molecule has 1 atom stereocenters. The monoisotopic (exact) mass is 267 g/mol. The number of likely N-dealkylation sites (N-methyl/N-ethyl adjacent to an activating group) is 1. The zero-order valence-corrected chi connectivity index (χ0v) is 10.7. The standard InChI is InChI=1S/C11H17N5O3/c1-15(7-8-6-13-4-5-19-8)10-3-2-9(16(17)18)11(12)14-10/h2-3,8,13H,4-7H2,1H3,(H2,12,14). The van der Waals surface area contributed by atoms with E-state index in [-0.39, 0.29) is 17.6 Å². The summed E-state index contributed by atoms with van der Waals surface area (Å²) < 4.78 is 5.59. The van der Waals surface area contributed by atoms with Crippen LogP contribution in [0.3, 0.4) is 0 Å². The van der Waals surface area contributed by atoms with Gasteiger partial charge in [-0.25, -0.2) is 4.98 Å². The average Bonchev–Trinajstić information content (AvgIpc) is 2.39. The molecule has 1 saturated heterocycles. The summed E-state index contributed by atoms with van der Waals surface area (Å²) >= 11 is 0. The Balaban J connectivity index is 2.04. The van der Waals surface area contributed by atoms with E-state index in [1.807, 2.05) is 11.9 Å². The smallest absolute Gasteiger partial charge is 0.311 e. The highest BCUT2D eigenvalue weighted by molar-refractivity contribution is 5.57. The first-order chi connectivity index (χ1) is 9.08. The average molecular weight is 267 g/mol. The summed E-state index contributed by atoms with van der Waals surface area (Å²) in [6.45, 7) is 2.99. The van der Waals surface area contributed by atoms with Crippen LogP contribution in [-0.4, -0.2) is 49.3 Å². The molecule has 8 nitrogen and oxygen atoms in total. The summed E-state index contributed by atoms with van der Waals surface area (Å²) in [5.74, 6) is 0.523. The Morgan fingerprint density at radius 1 is 1.68 bits per heavy atom. The van der Waals surface area contributed by atoms with E-state index < -0.39 is 4.92 Å². The number of anilines is 2. The fraction of sp³-hybridized carbons (Fsp3) is 0.545. The summed E-state index contributed by atoms with van der Waals surface area (Å²) in [5, 5.41) is 13.9. The Morgan fingerprint density at radius 3 is 3.05 bits per heavy atom. The van der Waals surface area contributed by atoms with E-state index in [0.717, 1.165) is 13.1 Å². The van der Waals surface area contributed by atoms with Crippen LogP contribution in [0, 0.1) is 10.1 Å². The van der Waals surface area contributed by atoms with Crippen molar-refractivity contribution < 1.29 is 9.66 Å². The second-order valence-corrected chi connectivity index (χ2v) is 4.41. The van der Waals surface area contributed by atoms with Crippen LogP contribution in [0.4, 0.5) is 17.3 Å². The molecule has 0 aliphatic carbocycles. The summed E-state index contributed by atoms with van der Waals surface area (Å²) in [4.78, 5) is 16.0. The van der Waals surface area contributed by atoms with Gasteiger partial charge in [0.1, 0.15) is 5.82 Å². The molecule has 2 rings (SSSR count). The number of morpholine rings is 1. The first-order valence-electron chi connectivity index (χ1n) is 6.02. The molecule has 19 heavy (non-hydrogen) atoms. The van der Waals surface area contributed by atoms with E-state index in [0.29, 0.717) is 19.0 Å². The van der Waals surface area contributed by atoms with Crippen LogP contribution in [0.1, 0.15) is 0 Å². The zero-order valence-electron chi connectivity index (χ0n) is 10.7. The highest BCUT2D eigenvalue weighted by Gasteiger charge is 2.18. The largest absolute Gasteiger partial charge is 0.378 e. The molecular weight excluding hydrogens is 250 g/mol. The number of hydrogen-bond acceptors (Lipinski definition) is 7. The lowest BCUT2D eigenvalue weighted by Gasteiger charge is -2.28. The zero-order chi connectivity index (χ0) is 13.8. The Hall–Kier alpha value is -1.93. The van der Waals surface area contributed by atoms with E-state index >= 15 is 0 Å². The van der Waals surface area contributed by atoms with E-state index in [9.17, 15) is 10.1 Å². The van der Waals surface area contributed by atoms with E-state index in [1.54, 1.807) is 6.07 Å². The lowest BCUT2D eigenvalue weighted by molar-refractivity contribution is -0.384. The predicted molar refractivity (Wildman–Crippen MR) is 71.2 cm³/mol. The van der Waals surface area contributed by atoms with Crippen LogP contribution in [0.15, 0.2) is 12.1 Å². The van der Waals surface area contributed by atoms with Crippen LogP contribution >= 0.6 is 0 Å².